The summed E-state index contributed by atoms with van der Waals surface area (Å²) in [4.78, 5) is 7.82. The molecule has 1 aromatic heterocycles. The number of furan rings is 1. The van der Waals surface area contributed by atoms with E-state index in [-0.39, 0.29) is 5.96 Å². The van der Waals surface area contributed by atoms with Gasteiger partial charge in [-0.3, -0.25) is 4.99 Å². The molecule has 0 aliphatic rings. The SMILES string of the molecule is CN=C(N)Nc1ccc(-c2ccc(-c3ccc(N=C(N)N)cc3Cl)o2)c(Cl)c1. The number of nitrogens with two attached hydrogens (primary N) is 3. The van der Waals surface area contributed by atoms with E-state index in [1.54, 1.807) is 31.3 Å². The van der Waals surface area contributed by atoms with Gasteiger partial charge in [-0.05, 0) is 48.5 Å². The molecule has 9 heteroatoms. The predicted octanol–water partition coefficient (Wildman–Crippen LogP) is 4.18. The smallest absolute Gasteiger partial charge is 0.192 e. The minimum Gasteiger partial charge on any atom is -0.456 e. The molecule has 0 spiro atoms. The van der Waals surface area contributed by atoms with Gasteiger partial charge in [-0.2, -0.15) is 0 Å². The van der Waals surface area contributed by atoms with Crippen LogP contribution in [0, 0.1) is 0 Å². The lowest BCUT2D eigenvalue weighted by Crippen LogP contribution is -2.21. The lowest BCUT2D eigenvalue weighted by atomic mass is 10.1. The predicted molar refractivity (Wildman–Crippen MR) is 116 cm³/mol. The van der Waals surface area contributed by atoms with Gasteiger partial charge in [0.1, 0.15) is 11.5 Å². The molecule has 3 rings (SSSR count). The molecule has 0 radical (unpaired) electrons. The highest BCUT2D eigenvalue weighted by Crippen LogP contribution is 2.37. The van der Waals surface area contributed by atoms with E-state index in [1.165, 1.54) is 0 Å². The van der Waals surface area contributed by atoms with Crippen LogP contribution >= 0.6 is 23.2 Å². The van der Waals surface area contributed by atoms with E-state index >= 15 is 0 Å². The molecule has 0 fully saturated rings. The average Bonchev–Trinajstić information content (AvgIpc) is 3.10. The fourth-order valence-corrected chi connectivity index (χ4v) is 3.09. The minimum atomic E-state index is -0.0383. The number of nitrogens with zero attached hydrogens (tertiary/aromatic N) is 2. The van der Waals surface area contributed by atoms with Gasteiger partial charge in [0.05, 0.1) is 15.7 Å². The maximum atomic E-state index is 6.40. The first-order valence-electron chi connectivity index (χ1n) is 8.16. The number of rotatable bonds is 4. The molecule has 28 heavy (non-hydrogen) atoms. The molecular weight excluding hydrogens is 399 g/mol. The summed E-state index contributed by atoms with van der Waals surface area (Å²) in [5.74, 6) is 1.46. The van der Waals surface area contributed by atoms with E-state index in [0.717, 1.165) is 11.3 Å². The third kappa shape index (κ3) is 4.39. The molecular formula is C19H18Cl2N6O. The third-order valence-electron chi connectivity index (χ3n) is 3.83. The summed E-state index contributed by atoms with van der Waals surface area (Å²) in [6, 6.07) is 14.2. The van der Waals surface area contributed by atoms with Gasteiger partial charge in [0.15, 0.2) is 11.9 Å². The van der Waals surface area contributed by atoms with E-state index in [0.29, 0.717) is 38.8 Å². The van der Waals surface area contributed by atoms with Crippen molar-refractivity contribution in [2.45, 2.75) is 0 Å². The van der Waals surface area contributed by atoms with Crippen molar-refractivity contribution in [1.29, 1.82) is 0 Å². The monoisotopic (exact) mass is 416 g/mol. The van der Waals surface area contributed by atoms with Gasteiger partial charge in [-0.25, -0.2) is 4.99 Å². The Morgan fingerprint density at radius 2 is 1.50 bits per heavy atom. The molecule has 0 unspecified atom stereocenters. The van der Waals surface area contributed by atoms with Crippen molar-refractivity contribution in [3.05, 3.63) is 58.6 Å². The summed E-state index contributed by atoms with van der Waals surface area (Å²) < 4.78 is 5.96. The largest absolute Gasteiger partial charge is 0.456 e. The second-order valence-corrected chi connectivity index (χ2v) is 6.61. The lowest BCUT2D eigenvalue weighted by molar-refractivity contribution is 0.597. The number of hydrogen-bond acceptors (Lipinski definition) is 3. The molecule has 144 valence electrons. The van der Waals surface area contributed by atoms with Crippen LogP contribution in [0.15, 0.2) is 62.9 Å². The summed E-state index contributed by atoms with van der Waals surface area (Å²) in [6.45, 7) is 0. The van der Waals surface area contributed by atoms with Crippen LogP contribution in [0.1, 0.15) is 0 Å². The number of guanidine groups is 2. The Morgan fingerprint density at radius 3 is 2.04 bits per heavy atom. The Kier molecular flexibility index (Phi) is 5.77. The molecule has 0 atom stereocenters. The van der Waals surface area contributed by atoms with Crippen LogP contribution in [-0.4, -0.2) is 19.0 Å². The van der Waals surface area contributed by atoms with Crippen LogP contribution in [0.25, 0.3) is 22.6 Å². The molecule has 0 aliphatic heterocycles. The van der Waals surface area contributed by atoms with Crippen molar-refractivity contribution in [1.82, 2.24) is 0 Å². The van der Waals surface area contributed by atoms with Crippen molar-refractivity contribution in [2.24, 2.45) is 27.2 Å². The Morgan fingerprint density at radius 1 is 0.893 bits per heavy atom. The van der Waals surface area contributed by atoms with Crippen molar-refractivity contribution in [2.75, 3.05) is 12.4 Å². The molecule has 0 amide bonds. The summed E-state index contributed by atoms with van der Waals surface area (Å²) in [6.07, 6.45) is 0. The van der Waals surface area contributed by atoms with Crippen LogP contribution in [0.3, 0.4) is 0 Å². The average molecular weight is 417 g/mol. The second kappa shape index (κ2) is 8.24. The zero-order valence-corrected chi connectivity index (χ0v) is 16.4. The van der Waals surface area contributed by atoms with Gasteiger partial charge < -0.3 is 26.9 Å². The number of benzene rings is 2. The van der Waals surface area contributed by atoms with Crippen LogP contribution in [-0.2, 0) is 0 Å². The Bertz CT molecular complexity index is 1070. The van der Waals surface area contributed by atoms with Crippen LogP contribution in [0.4, 0.5) is 11.4 Å². The number of nitrogens with one attached hydrogen (secondary N) is 1. The highest BCUT2D eigenvalue weighted by atomic mass is 35.5. The highest BCUT2D eigenvalue weighted by Gasteiger charge is 2.13. The number of hydrogen-bond donors (Lipinski definition) is 4. The minimum absolute atomic E-state index is 0.0383. The van der Waals surface area contributed by atoms with E-state index in [1.807, 2.05) is 24.3 Å². The Hall–Kier alpha value is -3.16. The van der Waals surface area contributed by atoms with E-state index < -0.39 is 0 Å². The fourth-order valence-electron chi connectivity index (χ4n) is 2.55. The van der Waals surface area contributed by atoms with Gasteiger partial charge in [-0.15, -0.1) is 0 Å². The molecule has 0 aliphatic carbocycles. The first kappa shape index (κ1) is 19.6. The lowest BCUT2D eigenvalue weighted by Gasteiger charge is -2.07. The Balaban J connectivity index is 1.89. The molecule has 3 aromatic rings. The normalized spacial score (nSPS) is 11.3. The second-order valence-electron chi connectivity index (χ2n) is 5.79. The summed E-state index contributed by atoms with van der Waals surface area (Å²) >= 11 is 12.7. The van der Waals surface area contributed by atoms with Crippen LogP contribution in [0.2, 0.25) is 10.0 Å². The van der Waals surface area contributed by atoms with Crippen LogP contribution in [0.5, 0.6) is 0 Å². The number of halogens is 2. The summed E-state index contributed by atoms with van der Waals surface area (Å²) in [5, 5.41) is 3.90. The summed E-state index contributed by atoms with van der Waals surface area (Å²) in [5.41, 5.74) is 19.2. The van der Waals surface area contributed by atoms with Gasteiger partial charge in [0, 0.05) is 23.9 Å². The van der Waals surface area contributed by atoms with Crippen LogP contribution < -0.4 is 22.5 Å². The zero-order valence-electron chi connectivity index (χ0n) is 14.9. The molecule has 0 saturated carbocycles. The standard InChI is InChI=1S/C19H18Cl2N6O/c1-25-19(24)27-11-3-5-13(15(21)9-11)17-7-6-16(28-17)12-4-2-10(8-14(12)20)26-18(22)23/h2-9H,1H3,(H4,22,23,26)(H3,24,25,27). The van der Waals surface area contributed by atoms with E-state index in [4.69, 9.17) is 44.8 Å². The molecule has 2 aromatic carbocycles. The quantitative estimate of drug-likeness (QED) is 0.374. The van der Waals surface area contributed by atoms with Gasteiger partial charge in [0.2, 0.25) is 0 Å². The first-order chi connectivity index (χ1) is 13.4. The fraction of sp³-hybridized carbons (Fsp3) is 0.0526. The molecule has 7 N–H and O–H groups in total. The maximum Gasteiger partial charge on any atom is 0.192 e. The molecule has 0 saturated heterocycles. The number of aliphatic imine (C=N–C) groups is 2. The van der Waals surface area contributed by atoms with E-state index in [2.05, 4.69) is 15.3 Å². The molecule has 0 bridgehead atoms. The van der Waals surface area contributed by atoms with Gasteiger partial charge in [0.25, 0.3) is 0 Å². The number of anilines is 1. The van der Waals surface area contributed by atoms with Crippen molar-refractivity contribution < 1.29 is 4.42 Å². The van der Waals surface area contributed by atoms with Gasteiger partial charge >= 0.3 is 0 Å². The van der Waals surface area contributed by atoms with Crippen molar-refractivity contribution in [3.8, 4) is 22.6 Å². The summed E-state index contributed by atoms with van der Waals surface area (Å²) in [7, 11) is 1.59. The topological polar surface area (TPSA) is 128 Å². The first-order valence-corrected chi connectivity index (χ1v) is 8.91. The van der Waals surface area contributed by atoms with Gasteiger partial charge in [-0.1, -0.05) is 23.2 Å². The maximum absolute atomic E-state index is 6.40. The molecule has 1 heterocycles. The van der Waals surface area contributed by atoms with Crippen molar-refractivity contribution in [3.63, 3.8) is 0 Å². The third-order valence-corrected chi connectivity index (χ3v) is 4.46. The van der Waals surface area contributed by atoms with E-state index in [9.17, 15) is 0 Å². The highest BCUT2D eigenvalue weighted by molar-refractivity contribution is 6.34. The molecule has 7 nitrogen and oxygen atoms in total. The van der Waals surface area contributed by atoms with Crippen molar-refractivity contribution >= 4 is 46.5 Å². The zero-order chi connectivity index (χ0) is 20.3. The Labute approximate surface area is 171 Å².